The standard InChI is InChI=1S/C51H72N6O9/c1-33(2)26-40(46(61)54-39(48(63)56-22-24-65-25-23-56)20-14-15-21-52-34(3)45-42(58)30-51(7,8)31-43(45)59)55-47(62)41(27-35-16-10-9-11-17-35)53-44(60)32-57(49(64)66-50(4,5)6)38-28-36-18-12-13-19-37(36)29-38/h9-13,16-19,33,38-41,52H,14-15,20-32H2,1-8H3,(H,53,60)(H,54,61)(H,55,62)/t39-,40-,41-/m1/s1. The van der Waals surface area contributed by atoms with Crippen molar-refractivity contribution < 1.29 is 43.0 Å². The molecule has 2 fully saturated rings. The van der Waals surface area contributed by atoms with Crippen LogP contribution in [-0.4, -0.2) is 120 Å². The summed E-state index contributed by atoms with van der Waals surface area (Å²) in [5.74, 6) is -2.28. The molecule has 0 spiro atoms. The molecule has 5 rings (SSSR count). The molecular weight excluding hydrogens is 841 g/mol. The summed E-state index contributed by atoms with van der Waals surface area (Å²) in [6, 6.07) is 13.7. The van der Waals surface area contributed by atoms with Gasteiger partial charge in [0.1, 0.15) is 30.3 Å². The summed E-state index contributed by atoms with van der Waals surface area (Å²) in [5.41, 5.74) is 2.56. The summed E-state index contributed by atoms with van der Waals surface area (Å²) in [4.78, 5) is 99.2. The van der Waals surface area contributed by atoms with Gasteiger partial charge in [-0.05, 0) is 94.2 Å². The predicted molar refractivity (Wildman–Crippen MR) is 251 cm³/mol. The Hall–Kier alpha value is -5.57. The number of nitrogens with zero attached hydrogens (tertiary/aromatic N) is 2. The number of hydrogen-bond acceptors (Lipinski definition) is 10. The lowest BCUT2D eigenvalue weighted by Gasteiger charge is -2.32. The van der Waals surface area contributed by atoms with Crippen LogP contribution in [0.5, 0.6) is 0 Å². The number of nitrogens with one attached hydrogen (secondary N) is 4. The fourth-order valence-electron chi connectivity index (χ4n) is 8.90. The van der Waals surface area contributed by atoms with Crippen LogP contribution in [-0.2, 0) is 57.5 Å². The molecule has 66 heavy (non-hydrogen) atoms. The topological polar surface area (TPSA) is 193 Å². The van der Waals surface area contributed by atoms with Gasteiger partial charge < -0.3 is 35.6 Å². The molecule has 15 nitrogen and oxygen atoms in total. The zero-order valence-electron chi connectivity index (χ0n) is 40.3. The number of rotatable bonds is 19. The monoisotopic (exact) mass is 913 g/mol. The molecular formula is C51H72N6O9. The van der Waals surface area contributed by atoms with E-state index in [2.05, 4.69) is 21.3 Å². The second kappa shape index (κ2) is 23.2. The molecule has 1 heterocycles. The second-order valence-electron chi connectivity index (χ2n) is 20.2. The number of carbonyl (C=O) groups excluding carboxylic acids is 7. The number of Topliss-reactive ketones (excluding diaryl/α,β-unsaturated/α-hetero) is 2. The second-order valence-corrected chi connectivity index (χ2v) is 20.2. The zero-order valence-corrected chi connectivity index (χ0v) is 40.3. The van der Waals surface area contributed by atoms with Gasteiger partial charge in [0, 0.05) is 50.6 Å². The van der Waals surface area contributed by atoms with Crippen molar-refractivity contribution >= 4 is 41.3 Å². The molecule has 360 valence electrons. The molecule has 1 saturated carbocycles. The number of fused-ring (bicyclic) bond motifs is 1. The van der Waals surface area contributed by atoms with Crippen LogP contribution >= 0.6 is 0 Å². The third kappa shape index (κ3) is 15.2. The Morgan fingerprint density at radius 1 is 0.818 bits per heavy atom. The van der Waals surface area contributed by atoms with Gasteiger partial charge in [-0.1, -0.05) is 82.3 Å². The Bertz CT molecular complexity index is 2040. The first-order valence-corrected chi connectivity index (χ1v) is 23.6. The maximum absolute atomic E-state index is 14.4. The average Bonchev–Trinajstić information content (AvgIpc) is 3.67. The number of ketones is 2. The van der Waals surface area contributed by atoms with E-state index < -0.39 is 47.5 Å². The predicted octanol–water partition coefficient (Wildman–Crippen LogP) is 4.99. The first-order chi connectivity index (χ1) is 31.2. The van der Waals surface area contributed by atoms with Gasteiger partial charge >= 0.3 is 6.09 Å². The van der Waals surface area contributed by atoms with Gasteiger partial charge in [-0.2, -0.15) is 0 Å². The lowest BCUT2D eigenvalue weighted by Crippen LogP contribution is -2.59. The van der Waals surface area contributed by atoms with Crippen LogP contribution in [0.3, 0.4) is 0 Å². The van der Waals surface area contributed by atoms with Crippen molar-refractivity contribution in [1.82, 2.24) is 31.1 Å². The SMILES string of the molecule is CC(NCCCC[C@@H](NC(=O)[C@@H](CC(C)C)NC(=O)[C@@H](Cc1ccccc1)NC(=O)CN(C(=O)OC(C)(C)C)C1Cc2ccccc2C1)C(=O)N1CCOCC1)=C1C(=O)CC(C)(C)CC1=O. The van der Waals surface area contributed by atoms with E-state index in [0.29, 0.717) is 83.5 Å². The number of unbranched alkanes of at least 4 members (excludes halogenated alkanes) is 1. The van der Waals surface area contributed by atoms with Crippen molar-refractivity contribution in [2.24, 2.45) is 11.3 Å². The highest BCUT2D eigenvalue weighted by molar-refractivity contribution is 6.22. The quantitative estimate of drug-likeness (QED) is 0.0849. The van der Waals surface area contributed by atoms with E-state index >= 15 is 0 Å². The highest BCUT2D eigenvalue weighted by Crippen LogP contribution is 2.34. The maximum atomic E-state index is 14.4. The minimum atomic E-state index is -1.12. The van der Waals surface area contributed by atoms with Crippen LogP contribution in [0, 0.1) is 11.3 Å². The van der Waals surface area contributed by atoms with E-state index in [-0.39, 0.29) is 59.8 Å². The smallest absolute Gasteiger partial charge is 0.411 e. The molecule has 0 radical (unpaired) electrons. The van der Waals surface area contributed by atoms with Gasteiger partial charge in [0.15, 0.2) is 11.6 Å². The summed E-state index contributed by atoms with van der Waals surface area (Å²) < 4.78 is 11.3. The van der Waals surface area contributed by atoms with Crippen LogP contribution in [0.25, 0.3) is 0 Å². The normalized spacial score (nSPS) is 17.6. The zero-order chi connectivity index (χ0) is 48.2. The summed E-state index contributed by atoms with van der Waals surface area (Å²) >= 11 is 0. The van der Waals surface area contributed by atoms with E-state index in [9.17, 15) is 33.6 Å². The van der Waals surface area contributed by atoms with Crippen molar-refractivity contribution in [3.8, 4) is 0 Å². The van der Waals surface area contributed by atoms with Gasteiger partial charge in [0.05, 0.1) is 18.8 Å². The fourth-order valence-corrected chi connectivity index (χ4v) is 8.90. The Morgan fingerprint density at radius 2 is 1.39 bits per heavy atom. The molecule has 1 saturated heterocycles. The minimum Gasteiger partial charge on any atom is -0.444 e. The van der Waals surface area contributed by atoms with Gasteiger partial charge in [0.25, 0.3) is 0 Å². The third-order valence-corrected chi connectivity index (χ3v) is 12.1. The van der Waals surface area contributed by atoms with E-state index in [1.54, 1.807) is 32.6 Å². The van der Waals surface area contributed by atoms with Crippen molar-refractivity contribution in [1.29, 1.82) is 0 Å². The van der Waals surface area contributed by atoms with Gasteiger partial charge in [0.2, 0.25) is 23.6 Å². The molecule has 2 aromatic carbocycles. The molecule has 0 bridgehead atoms. The van der Waals surface area contributed by atoms with Crippen molar-refractivity contribution in [2.45, 2.75) is 143 Å². The van der Waals surface area contributed by atoms with Crippen LogP contribution < -0.4 is 21.3 Å². The number of ether oxygens (including phenoxy) is 2. The Kier molecular flexibility index (Phi) is 18.1. The minimum absolute atomic E-state index is 0.0352. The van der Waals surface area contributed by atoms with Gasteiger partial charge in [-0.25, -0.2) is 4.79 Å². The molecule has 3 aliphatic rings. The molecule has 1 aliphatic heterocycles. The Balaban J connectivity index is 1.29. The Labute approximate surface area is 390 Å². The summed E-state index contributed by atoms with van der Waals surface area (Å²) in [6.45, 7) is 16.3. The number of hydrogen-bond donors (Lipinski definition) is 4. The Morgan fingerprint density at radius 3 is 1.98 bits per heavy atom. The molecule has 4 N–H and O–H groups in total. The van der Waals surface area contributed by atoms with Crippen LogP contribution in [0.2, 0.25) is 0 Å². The maximum Gasteiger partial charge on any atom is 0.411 e. The molecule has 15 heteroatoms. The van der Waals surface area contributed by atoms with E-state index in [4.69, 9.17) is 9.47 Å². The van der Waals surface area contributed by atoms with Crippen LogP contribution in [0.4, 0.5) is 4.79 Å². The molecule has 2 aliphatic carbocycles. The van der Waals surface area contributed by atoms with Crippen molar-refractivity contribution in [3.05, 3.63) is 82.6 Å². The van der Waals surface area contributed by atoms with Crippen LogP contribution in [0.15, 0.2) is 65.9 Å². The van der Waals surface area contributed by atoms with Crippen molar-refractivity contribution in [3.63, 3.8) is 0 Å². The third-order valence-electron chi connectivity index (χ3n) is 12.1. The van der Waals surface area contributed by atoms with E-state index in [1.807, 2.05) is 82.3 Å². The summed E-state index contributed by atoms with van der Waals surface area (Å²) in [5, 5.41) is 12.0. The summed E-state index contributed by atoms with van der Waals surface area (Å²) in [7, 11) is 0. The molecule has 0 aromatic heterocycles. The lowest BCUT2D eigenvalue weighted by atomic mass is 9.73. The number of benzene rings is 2. The van der Waals surface area contributed by atoms with E-state index in [0.717, 1.165) is 16.7 Å². The number of allylic oxidation sites excluding steroid dienone is 2. The van der Waals surface area contributed by atoms with E-state index in [1.165, 1.54) is 4.90 Å². The van der Waals surface area contributed by atoms with Crippen molar-refractivity contribution in [2.75, 3.05) is 39.4 Å². The van der Waals surface area contributed by atoms with Gasteiger partial charge in [-0.15, -0.1) is 0 Å². The highest BCUT2D eigenvalue weighted by Gasteiger charge is 2.38. The molecule has 2 aromatic rings. The molecule has 3 atom stereocenters. The van der Waals surface area contributed by atoms with Crippen LogP contribution in [0.1, 0.15) is 111 Å². The number of carbonyl (C=O) groups is 7. The highest BCUT2D eigenvalue weighted by atomic mass is 16.6. The average molecular weight is 913 g/mol. The van der Waals surface area contributed by atoms with Gasteiger partial charge in [-0.3, -0.25) is 33.7 Å². The summed E-state index contributed by atoms with van der Waals surface area (Å²) in [6.07, 6.45) is 2.88. The number of morpholine rings is 1. The lowest BCUT2D eigenvalue weighted by molar-refractivity contribution is -0.141. The fraction of sp³-hybridized carbons (Fsp3) is 0.588. The first kappa shape index (κ1) is 51.4. The largest absolute Gasteiger partial charge is 0.444 e. The number of amides is 5. The first-order valence-electron chi connectivity index (χ1n) is 23.6. The molecule has 5 amide bonds. The molecule has 0 unspecified atom stereocenters.